The number of pyridine rings is 1. The predicted octanol–water partition coefficient (Wildman–Crippen LogP) is 6.01. The van der Waals surface area contributed by atoms with E-state index in [-0.39, 0.29) is 12.1 Å². The summed E-state index contributed by atoms with van der Waals surface area (Å²) in [6, 6.07) is 3.21. The largest absolute Gasteiger partial charge is 0.444 e. The summed E-state index contributed by atoms with van der Waals surface area (Å²) in [7, 11) is -1.18. The van der Waals surface area contributed by atoms with Gasteiger partial charge in [-0.3, -0.25) is 0 Å². The molecule has 1 fully saturated rings. The number of hydrogen-bond acceptors (Lipinski definition) is 7. The van der Waals surface area contributed by atoms with Crippen molar-refractivity contribution in [1.29, 1.82) is 0 Å². The molecule has 0 radical (unpaired) electrons. The molecule has 1 atom stereocenters. The lowest BCUT2D eigenvalue weighted by atomic mass is 10.1. The Morgan fingerprint density at radius 1 is 1.18 bits per heavy atom. The van der Waals surface area contributed by atoms with Crippen LogP contribution < -0.4 is 5.32 Å². The van der Waals surface area contributed by atoms with Crippen LogP contribution in [0.3, 0.4) is 0 Å². The first-order chi connectivity index (χ1) is 18.0. The highest BCUT2D eigenvalue weighted by Gasteiger charge is 2.27. The Bertz CT molecular complexity index is 1220. The van der Waals surface area contributed by atoms with Gasteiger partial charge in [-0.15, -0.1) is 0 Å². The first-order valence-electron chi connectivity index (χ1n) is 13.6. The van der Waals surface area contributed by atoms with Gasteiger partial charge in [0, 0.05) is 75.4 Å². The first kappa shape index (κ1) is 28.0. The van der Waals surface area contributed by atoms with E-state index in [0.29, 0.717) is 19.8 Å². The van der Waals surface area contributed by atoms with Crippen LogP contribution in [0, 0.1) is 0 Å². The number of likely N-dealkylation sites (tertiary alicyclic amines) is 1. The molecule has 0 aromatic carbocycles. The second-order valence-corrected chi connectivity index (χ2v) is 17.9. The lowest BCUT2D eigenvalue weighted by Gasteiger charge is -2.29. The monoisotopic (exact) mass is 538 g/mol. The lowest BCUT2D eigenvalue weighted by molar-refractivity contribution is 0.0252. The van der Waals surface area contributed by atoms with Crippen molar-refractivity contribution in [2.45, 2.75) is 84.1 Å². The van der Waals surface area contributed by atoms with Crippen molar-refractivity contribution in [3.05, 3.63) is 37.2 Å². The summed E-state index contributed by atoms with van der Waals surface area (Å²) in [5, 5.41) is 4.75. The molecule has 3 aromatic heterocycles. The molecule has 1 saturated heterocycles. The van der Waals surface area contributed by atoms with Gasteiger partial charge in [-0.1, -0.05) is 19.6 Å². The topological polar surface area (TPSA) is 94.4 Å². The number of anilines is 1. The third kappa shape index (κ3) is 7.54. The predicted molar refractivity (Wildman–Crippen MR) is 154 cm³/mol. The number of nitrogens with zero attached hydrogens (tertiary/aromatic N) is 5. The van der Waals surface area contributed by atoms with Crippen LogP contribution in [-0.2, 0) is 16.2 Å². The number of hydrogen-bond donors (Lipinski definition) is 1. The Balaban J connectivity index is 1.61. The summed E-state index contributed by atoms with van der Waals surface area (Å²) in [4.78, 5) is 27.9. The number of nitrogens with one attached hydrogen (secondary N) is 1. The normalized spacial score (nSPS) is 16.9. The molecule has 9 nitrogen and oxygen atoms in total. The van der Waals surface area contributed by atoms with Crippen LogP contribution in [-0.4, -0.2) is 69.9 Å². The van der Waals surface area contributed by atoms with Crippen LogP contribution in [0.4, 0.5) is 10.5 Å². The first-order valence-corrected chi connectivity index (χ1v) is 17.3. The zero-order valence-electron chi connectivity index (χ0n) is 23.7. The molecule has 0 spiro atoms. The molecular weight excluding hydrogens is 496 g/mol. The quantitative estimate of drug-likeness (QED) is 0.277. The summed E-state index contributed by atoms with van der Waals surface area (Å²) in [6.45, 7) is 15.2. The molecule has 4 rings (SSSR count). The van der Waals surface area contributed by atoms with Gasteiger partial charge in [-0.05, 0) is 52.1 Å². The van der Waals surface area contributed by atoms with E-state index in [0.717, 1.165) is 59.8 Å². The lowest BCUT2D eigenvalue weighted by Crippen LogP contribution is -2.42. The van der Waals surface area contributed by atoms with Gasteiger partial charge >= 0.3 is 6.09 Å². The molecule has 0 aliphatic carbocycles. The summed E-state index contributed by atoms with van der Waals surface area (Å²) in [5.74, 6) is 0. The average molecular weight is 539 g/mol. The van der Waals surface area contributed by atoms with Crippen LogP contribution in [0.15, 0.2) is 37.2 Å². The van der Waals surface area contributed by atoms with Crippen LogP contribution >= 0.6 is 0 Å². The Morgan fingerprint density at radius 3 is 2.66 bits per heavy atom. The number of carbonyl (C=O) groups excluding carboxylic acids is 1. The maximum Gasteiger partial charge on any atom is 0.410 e. The molecule has 206 valence electrons. The molecule has 3 aromatic rings. The van der Waals surface area contributed by atoms with E-state index in [9.17, 15) is 4.79 Å². The number of amides is 1. The fourth-order valence-corrected chi connectivity index (χ4v) is 5.36. The Labute approximate surface area is 227 Å². The highest BCUT2D eigenvalue weighted by molar-refractivity contribution is 6.76. The van der Waals surface area contributed by atoms with Gasteiger partial charge in [0.15, 0.2) is 0 Å². The van der Waals surface area contributed by atoms with E-state index in [1.807, 2.05) is 50.3 Å². The van der Waals surface area contributed by atoms with Gasteiger partial charge in [0.05, 0.1) is 5.39 Å². The molecule has 4 heterocycles. The minimum Gasteiger partial charge on any atom is -0.444 e. The van der Waals surface area contributed by atoms with Gasteiger partial charge in [0.25, 0.3) is 0 Å². The van der Waals surface area contributed by atoms with E-state index in [4.69, 9.17) is 14.5 Å². The molecule has 38 heavy (non-hydrogen) atoms. The number of fused-ring (bicyclic) bond motifs is 1. The number of ether oxygens (including phenoxy) is 2. The van der Waals surface area contributed by atoms with Crippen LogP contribution in [0.5, 0.6) is 0 Å². The van der Waals surface area contributed by atoms with Crippen molar-refractivity contribution in [3.8, 4) is 11.1 Å². The highest BCUT2D eigenvalue weighted by atomic mass is 28.3. The van der Waals surface area contributed by atoms with E-state index in [1.54, 1.807) is 0 Å². The van der Waals surface area contributed by atoms with Crippen molar-refractivity contribution >= 4 is 30.9 Å². The molecule has 1 aliphatic heterocycles. The van der Waals surface area contributed by atoms with E-state index < -0.39 is 13.7 Å². The van der Waals surface area contributed by atoms with E-state index in [1.165, 1.54) is 6.33 Å². The maximum absolute atomic E-state index is 12.8. The SMILES string of the molecule is CC(C)(C)OC(=O)N1CCCCC(Nc2ccnc3c2c(-c2cncnc2)cn3COCC[Si](C)(C)C)C1. The maximum atomic E-state index is 12.8. The molecule has 1 amide bonds. The van der Waals surface area contributed by atoms with Crippen molar-refractivity contribution in [2.75, 3.05) is 25.0 Å². The molecule has 0 saturated carbocycles. The fourth-order valence-electron chi connectivity index (χ4n) is 4.60. The molecule has 1 unspecified atom stereocenters. The number of rotatable bonds is 8. The van der Waals surface area contributed by atoms with Gasteiger partial charge in [-0.25, -0.2) is 19.7 Å². The second kappa shape index (κ2) is 11.8. The summed E-state index contributed by atoms with van der Waals surface area (Å²) < 4.78 is 13.8. The minimum atomic E-state index is -1.18. The number of aromatic nitrogens is 4. The molecular formula is C28H42N6O3Si. The summed E-state index contributed by atoms with van der Waals surface area (Å²) in [6.07, 6.45) is 11.8. The Kier molecular flexibility index (Phi) is 8.72. The van der Waals surface area contributed by atoms with E-state index in [2.05, 4.69) is 45.7 Å². The minimum absolute atomic E-state index is 0.0897. The van der Waals surface area contributed by atoms with Gasteiger partial charge in [-0.2, -0.15) is 0 Å². The molecule has 10 heteroatoms. The second-order valence-electron chi connectivity index (χ2n) is 12.3. The number of carbonyl (C=O) groups is 1. The third-order valence-corrected chi connectivity index (χ3v) is 8.24. The fraction of sp³-hybridized carbons (Fsp3) is 0.571. The van der Waals surface area contributed by atoms with Gasteiger partial charge < -0.3 is 24.3 Å². The standard InChI is InChI=1S/C28H42N6O3Si/c1-28(2,3)37-27(35)33-12-8-7-9-22(17-33)32-24-10-11-31-26-25(24)23(21-15-29-19-30-16-21)18-34(26)20-36-13-14-38(4,5)6/h10-11,15-16,18-19,22H,7-9,12-14,17,20H2,1-6H3,(H,31,32). The van der Waals surface area contributed by atoms with Gasteiger partial charge in [0.2, 0.25) is 0 Å². The van der Waals surface area contributed by atoms with Crippen molar-refractivity contribution in [2.24, 2.45) is 0 Å². The van der Waals surface area contributed by atoms with Crippen molar-refractivity contribution in [3.63, 3.8) is 0 Å². The zero-order chi connectivity index (χ0) is 27.3. The van der Waals surface area contributed by atoms with E-state index >= 15 is 0 Å². The van der Waals surface area contributed by atoms with Crippen LogP contribution in [0.1, 0.15) is 40.0 Å². The summed E-state index contributed by atoms with van der Waals surface area (Å²) >= 11 is 0. The molecule has 1 N–H and O–H groups in total. The average Bonchev–Trinajstić information content (AvgIpc) is 3.05. The Hall–Kier alpha value is -2.98. The summed E-state index contributed by atoms with van der Waals surface area (Å²) in [5.41, 5.74) is 3.23. The molecule has 0 bridgehead atoms. The smallest absolute Gasteiger partial charge is 0.410 e. The van der Waals surface area contributed by atoms with Gasteiger partial charge in [0.1, 0.15) is 24.3 Å². The molecule has 1 aliphatic rings. The van der Waals surface area contributed by atoms with Crippen molar-refractivity contribution < 1.29 is 14.3 Å². The van der Waals surface area contributed by atoms with Crippen molar-refractivity contribution in [1.82, 2.24) is 24.4 Å². The van der Waals surface area contributed by atoms with Crippen LogP contribution in [0.2, 0.25) is 25.7 Å². The third-order valence-electron chi connectivity index (χ3n) is 6.54. The highest BCUT2D eigenvalue weighted by Crippen LogP contribution is 2.35. The van der Waals surface area contributed by atoms with Crippen LogP contribution in [0.25, 0.3) is 22.2 Å². The Morgan fingerprint density at radius 2 is 1.95 bits per heavy atom. The zero-order valence-corrected chi connectivity index (χ0v) is 24.7.